The van der Waals surface area contributed by atoms with Crippen LogP contribution in [0.3, 0.4) is 0 Å². The summed E-state index contributed by atoms with van der Waals surface area (Å²) in [5.74, 6) is 0.760. The maximum absolute atomic E-state index is 6.09. The summed E-state index contributed by atoms with van der Waals surface area (Å²) in [6.07, 6.45) is 4.29. The van der Waals surface area contributed by atoms with E-state index in [-0.39, 0.29) is 0 Å². The summed E-state index contributed by atoms with van der Waals surface area (Å²) in [4.78, 5) is 0. The third-order valence-corrected chi connectivity index (χ3v) is 3.74. The van der Waals surface area contributed by atoms with E-state index in [0.29, 0.717) is 5.02 Å². The van der Waals surface area contributed by atoms with Gasteiger partial charge in [0.15, 0.2) is 0 Å². The maximum Gasteiger partial charge on any atom is 0.144 e. The SMILES string of the molecule is CCCCNCc1cnn(-c2cc(Cl)ccc2OC)c1C. The highest BCUT2D eigenvalue weighted by Crippen LogP contribution is 2.27. The summed E-state index contributed by atoms with van der Waals surface area (Å²) in [5.41, 5.74) is 3.15. The number of methoxy groups -OCH3 is 1. The van der Waals surface area contributed by atoms with Crippen LogP contribution in [0.15, 0.2) is 24.4 Å². The highest BCUT2D eigenvalue weighted by atomic mass is 35.5. The first kappa shape index (κ1) is 15.9. The van der Waals surface area contributed by atoms with Crippen molar-refractivity contribution in [3.63, 3.8) is 0 Å². The van der Waals surface area contributed by atoms with E-state index in [4.69, 9.17) is 16.3 Å². The van der Waals surface area contributed by atoms with Crippen LogP contribution in [-0.4, -0.2) is 23.4 Å². The van der Waals surface area contributed by atoms with Crippen LogP contribution in [0.25, 0.3) is 5.69 Å². The fraction of sp³-hybridized carbons (Fsp3) is 0.438. The normalized spacial score (nSPS) is 10.9. The zero-order chi connectivity index (χ0) is 15.2. The summed E-state index contributed by atoms with van der Waals surface area (Å²) in [6, 6.07) is 5.54. The summed E-state index contributed by atoms with van der Waals surface area (Å²) in [5, 5.41) is 8.58. The van der Waals surface area contributed by atoms with Crippen LogP contribution >= 0.6 is 11.6 Å². The zero-order valence-electron chi connectivity index (χ0n) is 12.8. The standard InChI is InChI=1S/C16H22ClN3O/c1-4-5-8-18-10-13-11-19-20(12(13)2)15-9-14(17)6-7-16(15)21-3/h6-7,9,11,18H,4-5,8,10H2,1-3H3. The molecule has 0 saturated carbocycles. The second-order valence-corrected chi connectivity index (χ2v) is 5.45. The van der Waals surface area contributed by atoms with Gasteiger partial charge >= 0.3 is 0 Å². The number of nitrogens with one attached hydrogen (secondary N) is 1. The van der Waals surface area contributed by atoms with Gasteiger partial charge in [-0.05, 0) is 38.1 Å². The number of unbranched alkanes of at least 4 members (excludes halogenated alkanes) is 1. The van der Waals surface area contributed by atoms with Crippen molar-refractivity contribution >= 4 is 11.6 Å². The molecule has 1 aromatic carbocycles. The van der Waals surface area contributed by atoms with E-state index in [0.717, 1.165) is 30.2 Å². The predicted molar refractivity (Wildman–Crippen MR) is 86.5 cm³/mol. The minimum absolute atomic E-state index is 0.670. The van der Waals surface area contributed by atoms with Crippen molar-refractivity contribution in [2.75, 3.05) is 13.7 Å². The highest BCUT2D eigenvalue weighted by Gasteiger charge is 2.12. The Morgan fingerprint density at radius 3 is 2.90 bits per heavy atom. The molecule has 0 aliphatic carbocycles. The molecule has 0 radical (unpaired) electrons. The van der Waals surface area contributed by atoms with Crippen LogP contribution in [0.2, 0.25) is 5.02 Å². The minimum atomic E-state index is 0.670. The lowest BCUT2D eigenvalue weighted by molar-refractivity contribution is 0.411. The maximum atomic E-state index is 6.09. The Bertz CT molecular complexity index is 595. The van der Waals surface area contributed by atoms with Gasteiger partial charge < -0.3 is 10.1 Å². The topological polar surface area (TPSA) is 39.1 Å². The molecule has 0 unspecified atom stereocenters. The van der Waals surface area contributed by atoms with Gasteiger partial charge in [0.1, 0.15) is 11.4 Å². The molecule has 0 amide bonds. The molecule has 1 aromatic heterocycles. The number of benzene rings is 1. The van der Waals surface area contributed by atoms with E-state index in [9.17, 15) is 0 Å². The molecule has 0 spiro atoms. The predicted octanol–water partition coefficient (Wildman–Crippen LogP) is 3.73. The fourth-order valence-corrected chi connectivity index (χ4v) is 2.38. The van der Waals surface area contributed by atoms with Gasteiger partial charge in [-0.25, -0.2) is 4.68 Å². The molecule has 0 bridgehead atoms. The van der Waals surface area contributed by atoms with E-state index in [2.05, 4.69) is 24.3 Å². The largest absolute Gasteiger partial charge is 0.494 e. The Kier molecular flexibility index (Phi) is 5.65. The van der Waals surface area contributed by atoms with E-state index < -0.39 is 0 Å². The van der Waals surface area contributed by atoms with Crippen LogP contribution in [0, 0.1) is 6.92 Å². The lowest BCUT2D eigenvalue weighted by Gasteiger charge is -2.11. The Hall–Kier alpha value is -1.52. The van der Waals surface area contributed by atoms with Gasteiger partial charge in [0.05, 0.1) is 13.3 Å². The number of aromatic nitrogens is 2. The van der Waals surface area contributed by atoms with Crippen molar-refractivity contribution in [1.82, 2.24) is 15.1 Å². The smallest absolute Gasteiger partial charge is 0.144 e. The van der Waals surface area contributed by atoms with Gasteiger partial charge in [0, 0.05) is 22.8 Å². The number of rotatable bonds is 7. The van der Waals surface area contributed by atoms with Gasteiger partial charge in [0.25, 0.3) is 0 Å². The first-order chi connectivity index (χ1) is 10.2. The Balaban J connectivity index is 2.22. The van der Waals surface area contributed by atoms with Gasteiger partial charge in [-0.1, -0.05) is 24.9 Å². The monoisotopic (exact) mass is 307 g/mol. The molecule has 0 saturated heterocycles. The number of hydrogen-bond donors (Lipinski definition) is 1. The molecular formula is C16H22ClN3O. The van der Waals surface area contributed by atoms with E-state index in [1.807, 2.05) is 29.1 Å². The van der Waals surface area contributed by atoms with Crippen molar-refractivity contribution in [3.05, 3.63) is 40.7 Å². The van der Waals surface area contributed by atoms with E-state index >= 15 is 0 Å². The van der Waals surface area contributed by atoms with Crippen LogP contribution in [0.5, 0.6) is 5.75 Å². The molecule has 5 heteroatoms. The van der Waals surface area contributed by atoms with Crippen LogP contribution < -0.4 is 10.1 Å². The van der Waals surface area contributed by atoms with Gasteiger partial charge in [-0.15, -0.1) is 0 Å². The second-order valence-electron chi connectivity index (χ2n) is 5.01. The van der Waals surface area contributed by atoms with E-state index in [1.54, 1.807) is 7.11 Å². The quantitative estimate of drug-likeness (QED) is 0.792. The number of nitrogens with zero attached hydrogens (tertiary/aromatic N) is 2. The fourth-order valence-electron chi connectivity index (χ4n) is 2.21. The van der Waals surface area contributed by atoms with Crippen molar-refractivity contribution in [1.29, 1.82) is 0 Å². The molecule has 0 aliphatic rings. The average Bonchev–Trinajstić information content (AvgIpc) is 2.85. The molecular weight excluding hydrogens is 286 g/mol. The first-order valence-electron chi connectivity index (χ1n) is 7.25. The van der Waals surface area contributed by atoms with Crippen molar-refractivity contribution in [2.45, 2.75) is 33.2 Å². The highest BCUT2D eigenvalue weighted by molar-refractivity contribution is 6.30. The number of ether oxygens (including phenoxy) is 1. The molecule has 1 N–H and O–H groups in total. The third-order valence-electron chi connectivity index (χ3n) is 3.50. The minimum Gasteiger partial charge on any atom is -0.494 e. The molecule has 114 valence electrons. The molecule has 21 heavy (non-hydrogen) atoms. The number of hydrogen-bond acceptors (Lipinski definition) is 3. The summed E-state index contributed by atoms with van der Waals surface area (Å²) in [7, 11) is 1.65. The average molecular weight is 308 g/mol. The summed E-state index contributed by atoms with van der Waals surface area (Å²) in [6.45, 7) is 6.11. The summed E-state index contributed by atoms with van der Waals surface area (Å²) < 4.78 is 7.27. The Labute approximate surface area is 131 Å². The van der Waals surface area contributed by atoms with Crippen LogP contribution in [0.1, 0.15) is 31.0 Å². The lowest BCUT2D eigenvalue weighted by atomic mass is 10.2. The molecule has 0 fully saturated rings. The van der Waals surface area contributed by atoms with Crippen molar-refractivity contribution < 1.29 is 4.74 Å². The molecule has 0 atom stereocenters. The van der Waals surface area contributed by atoms with Crippen molar-refractivity contribution in [2.24, 2.45) is 0 Å². The van der Waals surface area contributed by atoms with E-state index in [1.165, 1.54) is 18.4 Å². The molecule has 2 aromatic rings. The molecule has 0 aliphatic heterocycles. The summed E-state index contributed by atoms with van der Waals surface area (Å²) >= 11 is 6.09. The van der Waals surface area contributed by atoms with Gasteiger partial charge in [-0.3, -0.25) is 0 Å². The first-order valence-corrected chi connectivity index (χ1v) is 7.63. The third kappa shape index (κ3) is 3.77. The Morgan fingerprint density at radius 1 is 1.38 bits per heavy atom. The molecule has 4 nitrogen and oxygen atoms in total. The van der Waals surface area contributed by atoms with Gasteiger partial charge in [-0.2, -0.15) is 5.10 Å². The zero-order valence-corrected chi connectivity index (χ0v) is 13.6. The van der Waals surface area contributed by atoms with Crippen LogP contribution in [0.4, 0.5) is 0 Å². The second kappa shape index (κ2) is 7.48. The Morgan fingerprint density at radius 2 is 2.19 bits per heavy atom. The number of halogens is 1. The van der Waals surface area contributed by atoms with Crippen LogP contribution in [-0.2, 0) is 6.54 Å². The van der Waals surface area contributed by atoms with Crippen molar-refractivity contribution in [3.8, 4) is 11.4 Å². The molecule has 2 rings (SSSR count). The molecule has 1 heterocycles. The lowest BCUT2D eigenvalue weighted by Crippen LogP contribution is -2.15. The van der Waals surface area contributed by atoms with Gasteiger partial charge in [0.2, 0.25) is 0 Å².